The van der Waals surface area contributed by atoms with Crippen molar-refractivity contribution in [1.29, 1.82) is 0 Å². The van der Waals surface area contributed by atoms with Gasteiger partial charge in [0.15, 0.2) is 5.58 Å². The molecule has 1 aromatic heterocycles. The van der Waals surface area contributed by atoms with Crippen LogP contribution < -0.4 is 11.1 Å². The van der Waals surface area contributed by atoms with Gasteiger partial charge in [0.05, 0.1) is 10.4 Å². The van der Waals surface area contributed by atoms with Gasteiger partial charge in [0.1, 0.15) is 0 Å². The Bertz CT molecular complexity index is 1140. The molecule has 2 saturated heterocycles. The molecule has 10 heteroatoms. The van der Waals surface area contributed by atoms with E-state index in [1.165, 1.54) is 46.7 Å². The third-order valence-electron chi connectivity index (χ3n) is 7.09. The SMILES string of the molecule is CCn1c(=O)oc2cc(S(=O)(=O)N3CCC(CC(=O)NCCN4CCCCCC4)CC3)ccc21. The van der Waals surface area contributed by atoms with Crippen LogP contribution >= 0.6 is 0 Å². The molecule has 0 atom stereocenters. The first kappa shape index (κ1) is 24.9. The number of nitrogens with zero attached hydrogens (tertiary/aromatic N) is 3. The number of likely N-dealkylation sites (tertiary alicyclic amines) is 1. The van der Waals surface area contributed by atoms with Crippen molar-refractivity contribution in [1.82, 2.24) is 19.1 Å². The maximum absolute atomic E-state index is 13.2. The smallest absolute Gasteiger partial charge is 0.408 e. The van der Waals surface area contributed by atoms with Crippen LogP contribution in [-0.4, -0.2) is 67.4 Å². The second-order valence-corrected chi connectivity index (χ2v) is 11.3. The van der Waals surface area contributed by atoms with Crippen LogP contribution in [0.4, 0.5) is 0 Å². The van der Waals surface area contributed by atoms with Gasteiger partial charge in [-0.15, -0.1) is 0 Å². The van der Waals surface area contributed by atoms with E-state index in [0.717, 1.165) is 19.6 Å². The summed E-state index contributed by atoms with van der Waals surface area (Å²) in [6, 6.07) is 4.59. The number of sulfonamides is 1. The van der Waals surface area contributed by atoms with Crippen LogP contribution in [0.2, 0.25) is 0 Å². The monoisotopic (exact) mass is 492 g/mol. The maximum atomic E-state index is 13.2. The van der Waals surface area contributed by atoms with Crippen LogP contribution in [0.1, 0.15) is 51.9 Å². The molecule has 0 radical (unpaired) electrons. The fraction of sp³-hybridized carbons (Fsp3) is 0.667. The Morgan fingerprint density at radius 1 is 1.09 bits per heavy atom. The minimum atomic E-state index is -3.69. The number of nitrogens with one attached hydrogen (secondary N) is 1. The van der Waals surface area contributed by atoms with Gasteiger partial charge in [-0.2, -0.15) is 4.31 Å². The molecule has 9 nitrogen and oxygen atoms in total. The molecule has 0 spiro atoms. The van der Waals surface area contributed by atoms with Crippen LogP contribution in [-0.2, 0) is 21.4 Å². The lowest BCUT2D eigenvalue weighted by atomic mass is 9.94. The van der Waals surface area contributed by atoms with E-state index in [4.69, 9.17) is 4.42 Å². The topological polar surface area (TPSA) is 105 Å². The Kier molecular flexibility index (Phi) is 8.10. The summed E-state index contributed by atoms with van der Waals surface area (Å²) in [7, 11) is -3.69. The van der Waals surface area contributed by atoms with Crippen molar-refractivity contribution in [2.24, 2.45) is 5.92 Å². The molecular formula is C24H36N4O5S. The van der Waals surface area contributed by atoms with E-state index >= 15 is 0 Å². The van der Waals surface area contributed by atoms with E-state index in [0.29, 0.717) is 51.0 Å². The quantitative estimate of drug-likeness (QED) is 0.607. The second-order valence-electron chi connectivity index (χ2n) is 9.40. The molecule has 188 valence electrons. The van der Waals surface area contributed by atoms with E-state index < -0.39 is 15.8 Å². The molecule has 1 aromatic carbocycles. The molecule has 2 aromatic rings. The fourth-order valence-corrected chi connectivity index (χ4v) is 6.54. The first-order valence-corrected chi connectivity index (χ1v) is 13.9. The zero-order valence-electron chi connectivity index (χ0n) is 20.0. The van der Waals surface area contributed by atoms with Gasteiger partial charge in [0, 0.05) is 45.2 Å². The predicted octanol–water partition coefficient (Wildman–Crippen LogP) is 2.40. The van der Waals surface area contributed by atoms with Crippen molar-refractivity contribution in [3.8, 4) is 0 Å². The number of rotatable bonds is 8. The number of benzene rings is 1. The molecule has 2 aliphatic rings. The zero-order chi connectivity index (χ0) is 24.1. The van der Waals surface area contributed by atoms with Gasteiger partial charge in [-0.05, 0) is 63.7 Å². The number of carbonyl (C=O) groups excluding carboxylic acids is 1. The Morgan fingerprint density at radius 3 is 2.47 bits per heavy atom. The molecule has 1 amide bonds. The minimum absolute atomic E-state index is 0.0528. The van der Waals surface area contributed by atoms with Crippen molar-refractivity contribution >= 4 is 27.0 Å². The third-order valence-corrected chi connectivity index (χ3v) is 8.98. The number of aromatic nitrogens is 1. The summed E-state index contributed by atoms with van der Waals surface area (Å²) < 4.78 is 34.5. The Labute approximate surface area is 201 Å². The lowest BCUT2D eigenvalue weighted by Crippen LogP contribution is -2.40. The molecule has 4 rings (SSSR count). The first-order chi connectivity index (χ1) is 16.4. The number of carbonyl (C=O) groups is 1. The number of fused-ring (bicyclic) bond motifs is 1. The lowest BCUT2D eigenvalue weighted by molar-refractivity contribution is -0.122. The van der Waals surface area contributed by atoms with Crippen molar-refractivity contribution in [3.63, 3.8) is 0 Å². The van der Waals surface area contributed by atoms with Crippen molar-refractivity contribution in [2.75, 3.05) is 39.3 Å². The fourth-order valence-electron chi connectivity index (χ4n) is 5.06. The Morgan fingerprint density at radius 2 is 1.79 bits per heavy atom. The molecule has 1 N–H and O–H groups in total. The molecule has 0 saturated carbocycles. The number of hydrogen-bond acceptors (Lipinski definition) is 6. The predicted molar refractivity (Wildman–Crippen MR) is 130 cm³/mol. The highest BCUT2D eigenvalue weighted by Gasteiger charge is 2.30. The Balaban J connectivity index is 1.27. The first-order valence-electron chi connectivity index (χ1n) is 12.5. The number of hydrogen-bond donors (Lipinski definition) is 1. The van der Waals surface area contributed by atoms with Crippen molar-refractivity contribution in [3.05, 3.63) is 28.7 Å². The average molecular weight is 493 g/mol. The van der Waals surface area contributed by atoms with Crippen LogP contribution in [0.15, 0.2) is 32.3 Å². The number of amides is 1. The van der Waals surface area contributed by atoms with E-state index in [2.05, 4.69) is 10.2 Å². The van der Waals surface area contributed by atoms with Gasteiger partial charge in [-0.25, -0.2) is 13.2 Å². The highest BCUT2D eigenvalue weighted by molar-refractivity contribution is 7.89. The van der Waals surface area contributed by atoms with Gasteiger partial charge in [0.25, 0.3) is 0 Å². The molecular weight excluding hydrogens is 456 g/mol. The maximum Gasteiger partial charge on any atom is 0.419 e. The molecule has 0 aliphatic carbocycles. The highest BCUT2D eigenvalue weighted by atomic mass is 32.2. The van der Waals surface area contributed by atoms with E-state index in [9.17, 15) is 18.0 Å². The molecule has 2 aliphatic heterocycles. The molecule has 2 fully saturated rings. The van der Waals surface area contributed by atoms with E-state index in [-0.39, 0.29) is 22.3 Å². The molecule has 3 heterocycles. The minimum Gasteiger partial charge on any atom is -0.408 e. The van der Waals surface area contributed by atoms with Gasteiger partial charge >= 0.3 is 5.76 Å². The third kappa shape index (κ3) is 5.72. The van der Waals surface area contributed by atoms with Crippen molar-refractivity contribution < 1.29 is 17.6 Å². The summed E-state index contributed by atoms with van der Waals surface area (Å²) in [5, 5.41) is 3.04. The largest absolute Gasteiger partial charge is 0.419 e. The van der Waals surface area contributed by atoms with Crippen LogP contribution in [0.25, 0.3) is 11.1 Å². The lowest BCUT2D eigenvalue weighted by Gasteiger charge is -2.31. The summed E-state index contributed by atoms with van der Waals surface area (Å²) in [5.41, 5.74) is 0.867. The van der Waals surface area contributed by atoms with Crippen LogP contribution in [0, 0.1) is 5.92 Å². The summed E-state index contributed by atoms with van der Waals surface area (Å²) in [6.07, 6.45) is 6.83. The number of aryl methyl sites for hydroxylation is 1. The second kappa shape index (κ2) is 11.0. The number of oxazole rings is 1. The van der Waals surface area contributed by atoms with Crippen molar-refractivity contribution in [2.45, 2.75) is 63.3 Å². The average Bonchev–Trinajstić information content (AvgIpc) is 2.96. The zero-order valence-corrected chi connectivity index (χ0v) is 20.8. The van der Waals surface area contributed by atoms with Gasteiger partial charge < -0.3 is 14.6 Å². The summed E-state index contributed by atoms with van der Waals surface area (Å²) >= 11 is 0. The van der Waals surface area contributed by atoms with Crippen LogP contribution in [0.3, 0.4) is 0 Å². The molecule has 0 bridgehead atoms. The summed E-state index contributed by atoms with van der Waals surface area (Å²) in [5.74, 6) is -0.252. The van der Waals surface area contributed by atoms with E-state index in [1.54, 1.807) is 6.07 Å². The van der Waals surface area contributed by atoms with Gasteiger partial charge in [-0.3, -0.25) is 9.36 Å². The Hall–Kier alpha value is -2.17. The van der Waals surface area contributed by atoms with E-state index in [1.807, 2.05) is 6.92 Å². The van der Waals surface area contributed by atoms with Gasteiger partial charge in [-0.1, -0.05) is 12.8 Å². The summed E-state index contributed by atoms with van der Waals surface area (Å²) in [6.45, 7) is 6.86. The van der Waals surface area contributed by atoms with Crippen LogP contribution in [0.5, 0.6) is 0 Å². The molecule has 34 heavy (non-hydrogen) atoms. The number of piperidine rings is 1. The standard InChI is InChI=1S/C24H36N4O5S/c1-2-28-21-8-7-20(18-22(21)33-24(28)30)34(31,32)27-14-9-19(10-15-27)17-23(29)25-11-16-26-12-5-3-4-6-13-26/h7-8,18-19H,2-6,9-17H2,1H3,(H,25,29). The molecule has 0 unspecified atom stereocenters. The highest BCUT2D eigenvalue weighted by Crippen LogP contribution is 2.27. The normalized spacial score (nSPS) is 19.3. The van der Waals surface area contributed by atoms with Gasteiger partial charge in [0.2, 0.25) is 15.9 Å². The summed E-state index contributed by atoms with van der Waals surface area (Å²) in [4.78, 5) is 26.9.